The van der Waals surface area contributed by atoms with Crippen LogP contribution < -0.4 is 0 Å². The molecule has 210 valence electrons. The Morgan fingerprint density at radius 1 is 0.974 bits per heavy atom. The van der Waals surface area contributed by atoms with Gasteiger partial charge in [-0.15, -0.1) is 0 Å². The summed E-state index contributed by atoms with van der Waals surface area (Å²) in [4.78, 5) is 67.6. The summed E-state index contributed by atoms with van der Waals surface area (Å²) in [6.07, 6.45) is 6.15. The number of halogens is 1. The van der Waals surface area contributed by atoms with Crippen molar-refractivity contribution in [2.24, 2.45) is 17.3 Å². The number of carboxylic acid groups (broad SMARTS) is 1. The molecule has 3 amide bonds. The maximum Gasteiger partial charge on any atom is 0.306 e. The van der Waals surface area contributed by atoms with Gasteiger partial charge in [0.25, 0.3) is 11.8 Å². The molecule has 0 saturated carbocycles. The van der Waals surface area contributed by atoms with Crippen molar-refractivity contribution in [3.63, 3.8) is 0 Å². The fourth-order valence-corrected chi connectivity index (χ4v) is 6.12. The number of carbonyl (C=O) groups is 5. The lowest BCUT2D eigenvalue weighted by Gasteiger charge is -2.40. The van der Waals surface area contributed by atoms with Gasteiger partial charge < -0.3 is 22.5 Å². The average Bonchev–Trinajstić information content (AvgIpc) is 3.58. The van der Waals surface area contributed by atoms with Gasteiger partial charge in [-0.3, -0.25) is 28.8 Å². The summed E-state index contributed by atoms with van der Waals surface area (Å²) in [5, 5.41) is 9.61. The number of ether oxygens (including phenoxy) is 2. The van der Waals surface area contributed by atoms with E-state index in [0.717, 1.165) is 11.5 Å². The van der Waals surface area contributed by atoms with E-state index in [-0.39, 0.29) is 56.0 Å². The highest BCUT2D eigenvalue weighted by atomic mass is 127. The lowest BCUT2D eigenvalue weighted by atomic mass is 9.80. The second-order valence-electron chi connectivity index (χ2n) is 10.3. The molecule has 0 aromatic heterocycles. The normalized spacial score (nSPS) is 27.2. The van der Waals surface area contributed by atoms with E-state index in [2.05, 4.69) is 0 Å². The van der Waals surface area contributed by atoms with E-state index in [1.807, 2.05) is 12.2 Å². The Morgan fingerprint density at radius 2 is 1.63 bits per heavy atom. The van der Waals surface area contributed by atoms with E-state index < -0.39 is 29.2 Å². The van der Waals surface area contributed by atoms with Crippen molar-refractivity contribution in [2.45, 2.75) is 63.6 Å². The van der Waals surface area contributed by atoms with Crippen LogP contribution in [0.4, 0.5) is 0 Å². The Hall–Kier alpha value is -2.10. The number of amides is 3. The smallest absolute Gasteiger partial charge is 0.306 e. The third kappa shape index (κ3) is 6.54. The van der Waals surface area contributed by atoms with Crippen LogP contribution in [-0.4, -0.2) is 89.8 Å². The topological polar surface area (TPSA) is 149 Å². The Bertz CT molecular complexity index is 934. The van der Waals surface area contributed by atoms with Gasteiger partial charge in [-0.1, -0.05) is 18.6 Å². The maximum atomic E-state index is 12.7. The Balaban J connectivity index is 1.10. The first-order valence-corrected chi connectivity index (χ1v) is 13.9. The predicted octanol–water partition coefficient (Wildman–Crippen LogP) is 1.80. The molecule has 4 aliphatic heterocycles. The molecule has 13 heteroatoms. The number of esters is 1. The molecule has 0 radical (unpaired) electrons. The van der Waals surface area contributed by atoms with Crippen molar-refractivity contribution in [3.05, 3.63) is 12.2 Å². The highest BCUT2D eigenvalue weighted by molar-refractivity contribution is 14.1. The number of unbranched alkanes of at least 4 members (excludes halogenated alkanes) is 2. The van der Waals surface area contributed by atoms with Gasteiger partial charge in [0.15, 0.2) is 0 Å². The molecular formula is C25H33IN2O10. The summed E-state index contributed by atoms with van der Waals surface area (Å²) in [7, 11) is 0. The largest absolute Gasteiger partial charge is 0.481 e. The molecule has 3 saturated heterocycles. The van der Waals surface area contributed by atoms with Crippen molar-refractivity contribution in [3.8, 4) is 0 Å². The summed E-state index contributed by atoms with van der Waals surface area (Å²) in [5.74, 6) is -3.19. The van der Waals surface area contributed by atoms with Gasteiger partial charge in [0.05, 0.1) is 56.7 Å². The average molecular weight is 648 g/mol. The zero-order valence-electron chi connectivity index (χ0n) is 21.1. The van der Waals surface area contributed by atoms with Crippen LogP contribution in [0, 0.1) is 17.3 Å². The highest BCUT2D eigenvalue weighted by Gasteiger charge is 2.61. The Morgan fingerprint density at radius 3 is 2.24 bits per heavy atom. The monoisotopic (exact) mass is 648 g/mol. The third-order valence-corrected chi connectivity index (χ3v) is 8.06. The third-order valence-electron chi connectivity index (χ3n) is 7.75. The molecule has 0 aliphatic carbocycles. The number of imide groups is 1. The fourth-order valence-electron chi connectivity index (χ4n) is 5.46. The van der Waals surface area contributed by atoms with Gasteiger partial charge in [-0.05, 0) is 25.7 Å². The lowest BCUT2D eigenvalue weighted by molar-refractivity contribution is -0.192. The molecule has 38 heavy (non-hydrogen) atoms. The van der Waals surface area contributed by atoms with E-state index in [4.69, 9.17) is 22.5 Å². The van der Waals surface area contributed by atoms with E-state index in [0.29, 0.717) is 51.8 Å². The molecule has 0 aromatic rings. The summed E-state index contributed by atoms with van der Waals surface area (Å²) >= 11 is 1.80. The number of nitrogens with zero attached hydrogens (tertiary/aromatic N) is 2. The number of carboxylic acids is 1. The highest BCUT2D eigenvalue weighted by Crippen LogP contribution is 2.45. The van der Waals surface area contributed by atoms with Crippen molar-refractivity contribution in [1.82, 2.24) is 9.96 Å². The van der Waals surface area contributed by atoms with Crippen molar-refractivity contribution in [1.29, 1.82) is 0 Å². The first-order chi connectivity index (χ1) is 18.2. The Labute approximate surface area is 234 Å². The van der Waals surface area contributed by atoms with Gasteiger partial charge in [0.2, 0.25) is 5.91 Å². The first-order valence-electron chi connectivity index (χ1n) is 13.0. The molecule has 4 aliphatic rings. The van der Waals surface area contributed by atoms with Crippen LogP contribution in [0.2, 0.25) is 0 Å². The molecule has 0 aromatic carbocycles. The summed E-state index contributed by atoms with van der Waals surface area (Å²) < 4.78 is 16.2. The molecule has 1 N–H and O–H groups in total. The number of rotatable bonds is 14. The molecule has 0 spiro atoms. The van der Waals surface area contributed by atoms with Crippen LogP contribution in [0.1, 0.15) is 51.4 Å². The summed E-state index contributed by atoms with van der Waals surface area (Å²) in [6, 6.07) is 0. The zero-order valence-corrected chi connectivity index (χ0v) is 23.2. The maximum absolute atomic E-state index is 12.7. The molecule has 4 rings (SSSR count). The molecule has 4 heterocycles. The van der Waals surface area contributed by atoms with Crippen LogP contribution in [-0.2, 0) is 41.4 Å². The summed E-state index contributed by atoms with van der Waals surface area (Å²) in [6.45, 7) is 1.77. The second kappa shape index (κ2) is 12.8. The van der Waals surface area contributed by atoms with Crippen molar-refractivity contribution < 1.29 is 46.5 Å². The van der Waals surface area contributed by atoms with Gasteiger partial charge in [0, 0.05) is 24.9 Å². The van der Waals surface area contributed by atoms with Crippen LogP contribution >= 0.6 is 23.0 Å². The molecule has 2 bridgehead atoms. The summed E-state index contributed by atoms with van der Waals surface area (Å²) in [5.41, 5.74) is -0.404. The van der Waals surface area contributed by atoms with E-state index in [1.165, 1.54) is 0 Å². The van der Waals surface area contributed by atoms with Gasteiger partial charge in [-0.2, -0.15) is 5.06 Å². The van der Waals surface area contributed by atoms with E-state index >= 15 is 0 Å². The van der Waals surface area contributed by atoms with Crippen LogP contribution in [0.5, 0.6) is 0 Å². The first kappa shape index (κ1) is 28.9. The number of carbonyl (C=O) groups excluding carboxylic acids is 4. The van der Waals surface area contributed by atoms with E-state index in [1.54, 1.807) is 27.9 Å². The molecule has 3 fully saturated rings. The second-order valence-corrected chi connectivity index (χ2v) is 10.9. The minimum atomic E-state index is -1.05. The van der Waals surface area contributed by atoms with Gasteiger partial charge in [0.1, 0.15) is 23.0 Å². The fraction of sp³-hybridized carbons (Fsp3) is 0.720. The number of piperidine rings is 1. The van der Waals surface area contributed by atoms with Gasteiger partial charge >= 0.3 is 11.9 Å². The number of likely N-dealkylation sites (tertiary alicyclic amines) is 1. The molecule has 12 nitrogen and oxygen atoms in total. The predicted molar refractivity (Wildman–Crippen MR) is 137 cm³/mol. The van der Waals surface area contributed by atoms with Crippen LogP contribution in [0.25, 0.3) is 0 Å². The number of hydroxylamine groups is 2. The van der Waals surface area contributed by atoms with Crippen molar-refractivity contribution in [2.75, 3.05) is 32.9 Å². The van der Waals surface area contributed by atoms with Crippen LogP contribution in [0.15, 0.2) is 12.2 Å². The van der Waals surface area contributed by atoms with Gasteiger partial charge in [-0.25, -0.2) is 0 Å². The SMILES string of the molecule is O=C(O)CCC(=O)OCC1(COI)CCN(C(=O)CCCCCON2C(=O)C3C4C=CC(O4)C3C2=O)CC1. The van der Waals surface area contributed by atoms with Crippen LogP contribution in [0.3, 0.4) is 0 Å². The minimum absolute atomic E-state index is 0.0501. The number of hydrogen-bond donors (Lipinski definition) is 1. The molecule has 4 atom stereocenters. The number of hydrogen-bond acceptors (Lipinski definition) is 9. The zero-order chi connectivity index (χ0) is 27.3. The number of fused-ring (bicyclic) bond motifs is 5. The molecular weight excluding hydrogens is 615 g/mol. The minimum Gasteiger partial charge on any atom is -0.481 e. The standard InChI is InChI=1S/C25H33IN2O10/c26-36-15-25(14-35-20(32)8-7-19(30)31)9-11-27(12-10-25)18(29)4-2-1-3-13-37-28-23(33)21-16-5-6-17(38-16)22(21)24(28)34/h5-6,16-17,21-22H,1-4,7-15H2,(H,30,31). The lowest BCUT2D eigenvalue weighted by Crippen LogP contribution is -2.47. The van der Waals surface area contributed by atoms with E-state index in [9.17, 15) is 24.0 Å². The Kier molecular flexibility index (Phi) is 9.76. The van der Waals surface area contributed by atoms with Crippen molar-refractivity contribution >= 4 is 52.7 Å². The molecule has 4 unspecified atom stereocenters. The quantitative estimate of drug-likeness (QED) is 0.0972. The number of aliphatic carboxylic acids is 1.